The molecule has 0 spiro atoms. The van der Waals surface area contributed by atoms with Crippen molar-refractivity contribution in [2.75, 3.05) is 13.9 Å². The molecule has 2 heterocycles. The highest BCUT2D eigenvalue weighted by atomic mass is 16.7. The lowest BCUT2D eigenvalue weighted by Crippen LogP contribution is -2.13. The molecule has 0 saturated carbocycles. The third-order valence-corrected chi connectivity index (χ3v) is 3.13. The lowest BCUT2D eigenvalue weighted by molar-refractivity contribution is 0.173. The number of nitrogens with one attached hydrogen (secondary N) is 1. The summed E-state index contributed by atoms with van der Waals surface area (Å²) >= 11 is 0. The summed E-state index contributed by atoms with van der Waals surface area (Å²) in [7, 11) is 1.61. The molecule has 0 bridgehead atoms. The van der Waals surface area contributed by atoms with Crippen molar-refractivity contribution in [3.8, 4) is 17.4 Å². The van der Waals surface area contributed by atoms with E-state index in [1.54, 1.807) is 13.3 Å². The molecule has 3 rings (SSSR count). The molecule has 0 atom stereocenters. The minimum Gasteiger partial charge on any atom is -0.481 e. The zero-order valence-electron chi connectivity index (χ0n) is 11.3. The highest BCUT2D eigenvalue weighted by Crippen LogP contribution is 2.35. The Kier molecular flexibility index (Phi) is 3.69. The molecule has 20 heavy (non-hydrogen) atoms. The molecule has 0 aliphatic carbocycles. The van der Waals surface area contributed by atoms with Crippen LogP contribution in [0.5, 0.6) is 17.4 Å². The van der Waals surface area contributed by atoms with Crippen LogP contribution in [0.3, 0.4) is 0 Å². The predicted molar refractivity (Wildman–Crippen MR) is 73.9 cm³/mol. The van der Waals surface area contributed by atoms with E-state index in [9.17, 15) is 0 Å². The number of benzene rings is 1. The fourth-order valence-electron chi connectivity index (χ4n) is 2.11. The van der Waals surface area contributed by atoms with Crippen LogP contribution in [0, 0.1) is 0 Å². The Hall–Kier alpha value is -2.27. The lowest BCUT2D eigenvalue weighted by Gasteiger charge is -2.08. The molecular weight excluding hydrogens is 256 g/mol. The van der Waals surface area contributed by atoms with Gasteiger partial charge in [0.05, 0.1) is 7.11 Å². The highest BCUT2D eigenvalue weighted by Gasteiger charge is 2.16. The molecule has 1 aromatic heterocycles. The van der Waals surface area contributed by atoms with Gasteiger partial charge in [-0.15, -0.1) is 0 Å². The van der Waals surface area contributed by atoms with Gasteiger partial charge in [-0.05, 0) is 11.6 Å². The second-order valence-electron chi connectivity index (χ2n) is 4.46. The van der Waals surface area contributed by atoms with Gasteiger partial charge in [-0.1, -0.05) is 18.2 Å². The fraction of sp³-hybridized carbons (Fsp3) is 0.267. The predicted octanol–water partition coefficient (Wildman–Crippen LogP) is 2.11. The summed E-state index contributed by atoms with van der Waals surface area (Å²) in [6.45, 7) is 1.76. The highest BCUT2D eigenvalue weighted by molar-refractivity contribution is 5.48. The van der Waals surface area contributed by atoms with Crippen molar-refractivity contribution in [1.29, 1.82) is 0 Å². The van der Waals surface area contributed by atoms with Crippen LogP contribution >= 0.6 is 0 Å². The van der Waals surface area contributed by atoms with Crippen molar-refractivity contribution in [1.82, 2.24) is 10.3 Å². The lowest BCUT2D eigenvalue weighted by atomic mass is 10.2. The van der Waals surface area contributed by atoms with Crippen molar-refractivity contribution in [3.05, 3.63) is 47.7 Å². The number of hydrogen-bond donors (Lipinski definition) is 1. The molecule has 0 amide bonds. The van der Waals surface area contributed by atoms with E-state index in [-0.39, 0.29) is 0 Å². The van der Waals surface area contributed by atoms with Crippen LogP contribution in [-0.2, 0) is 13.1 Å². The second kappa shape index (κ2) is 5.79. The maximum Gasteiger partial charge on any atom is 0.231 e. The molecule has 0 unspecified atom stereocenters. The van der Waals surface area contributed by atoms with Gasteiger partial charge in [-0.25, -0.2) is 4.98 Å². The van der Waals surface area contributed by atoms with Gasteiger partial charge in [0, 0.05) is 30.9 Å². The Bertz CT molecular complexity index is 584. The topological polar surface area (TPSA) is 52.6 Å². The van der Waals surface area contributed by atoms with Crippen LogP contribution in [-0.4, -0.2) is 18.9 Å². The van der Waals surface area contributed by atoms with Gasteiger partial charge < -0.3 is 19.5 Å². The Morgan fingerprint density at radius 1 is 1.20 bits per heavy atom. The number of hydrogen-bond acceptors (Lipinski definition) is 5. The Balaban J connectivity index is 1.58. The standard InChI is InChI=1S/C15H16N2O3/c1-18-14-6-5-11(8-17-14)7-16-9-12-3-2-4-13-15(12)20-10-19-13/h2-6,8,16H,7,9-10H2,1H3. The molecule has 0 radical (unpaired) electrons. The fourth-order valence-corrected chi connectivity index (χ4v) is 2.11. The molecular formula is C15H16N2O3. The number of para-hydroxylation sites is 1. The molecule has 2 aromatic rings. The van der Waals surface area contributed by atoms with Crippen LogP contribution in [0.15, 0.2) is 36.5 Å². The minimum absolute atomic E-state index is 0.300. The van der Waals surface area contributed by atoms with Gasteiger partial charge in [0.2, 0.25) is 12.7 Å². The SMILES string of the molecule is COc1ccc(CNCc2cccc3c2OCO3)cn1. The molecule has 1 aliphatic heterocycles. The van der Waals surface area contributed by atoms with E-state index in [2.05, 4.69) is 10.3 Å². The number of nitrogens with zero attached hydrogens (tertiary/aromatic N) is 1. The number of aromatic nitrogens is 1. The van der Waals surface area contributed by atoms with E-state index in [1.165, 1.54) is 0 Å². The van der Waals surface area contributed by atoms with Gasteiger partial charge >= 0.3 is 0 Å². The van der Waals surface area contributed by atoms with Crippen molar-refractivity contribution in [3.63, 3.8) is 0 Å². The molecule has 1 aliphatic rings. The average Bonchev–Trinajstić information content (AvgIpc) is 2.97. The summed E-state index contributed by atoms with van der Waals surface area (Å²) < 4.78 is 15.9. The summed E-state index contributed by atoms with van der Waals surface area (Å²) in [5, 5.41) is 3.37. The van der Waals surface area contributed by atoms with Crippen LogP contribution in [0.4, 0.5) is 0 Å². The van der Waals surface area contributed by atoms with E-state index in [0.29, 0.717) is 12.7 Å². The summed E-state index contributed by atoms with van der Waals surface area (Å²) in [5.41, 5.74) is 2.21. The van der Waals surface area contributed by atoms with Gasteiger partial charge in [0.15, 0.2) is 11.5 Å². The summed E-state index contributed by atoms with van der Waals surface area (Å²) in [4.78, 5) is 4.17. The minimum atomic E-state index is 0.300. The van der Waals surface area contributed by atoms with Crippen LogP contribution in [0.1, 0.15) is 11.1 Å². The first kappa shape index (κ1) is 12.7. The zero-order valence-corrected chi connectivity index (χ0v) is 11.3. The quantitative estimate of drug-likeness (QED) is 0.903. The van der Waals surface area contributed by atoms with E-state index >= 15 is 0 Å². The van der Waals surface area contributed by atoms with E-state index in [0.717, 1.165) is 35.7 Å². The molecule has 0 saturated heterocycles. The molecule has 0 fully saturated rings. The normalized spacial score (nSPS) is 12.4. The Morgan fingerprint density at radius 3 is 2.95 bits per heavy atom. The summed E-state index contributed by atoms with van der Waals surface area (Å²) in [6.07, 6.45) is 1.81. The number of fused-ring (bicyclic) bond motifs is 1. The third-order valence-electron chi connectivity index (χ3n) is 3.13. The first-order valence-corrected chi connectivity index (χ1v) is 6.44. The average molecular weight is 272 g/mol. The molecule has 1 aromatic carbocycles. The molecule has 5 nitrogen and oxygen atoms in total. The van der Waals surface area contributed by atoms with Crippen molar-refractivity contribution >= 4 is 0 Å². The maximum atomic E-state index is 5.47. The maximum absolute atomic E-state index is 5.47. The third kappa shape index (κ3) is 2.67. The molecule has 104 valence electrons. The first-order valence-electron chi connectivity index (χ1n) is 6.44. The van der Waals surface area contributed by atoms with Crippen molar-refractivity contribution in [2.45, 2.75) is 13.1 Å². The largest absolute Gasteiger partial charge is 0.481 e. The number of methoxy groups -OCH3 is 1. The van der Waals surface area contributed by atoms with Gasteiger partial charge in [-0.2, -0.15) is 0 Å². The van der Waals surface area contributed by atoms with Gasteiger partial charge in [0.1, 0.15) is 0 Å². The van der Waals surface area contributed by atoms with Gasteiger partial charge in [-0.3, -0.25) is 0 Å². The summed E-state index contributed by atoms with van der Waals surface area (Å²) in [6, 6.07) is 9.77. The second-order valence-corrected chi connectivity index (χ2v) is 4.46. The summed E-state index contributed by atoms with van der Waals surface area (Å²) in [5.74, 6) is 2.28. The van der Waals surface area contributed by atoms with Crippen LogP contribution in [0.2, 0.25) is 0 Å². The first-order chi connectivity index (χ1) is 9.86. The van der Waals surface area contributed by atoms with Gasteiger partial charge in [0.25, 0.3) is 0 Å². The number of ether oxygens (including phenoxy) is 3. The smallest absolute Gasteiger partial charge is 0.231 e. The van der Waals surface area contributed by atoms with Crippen molar-refractivity contribution in [2.24, 2.45) is 0 Å². The molecule has 5 heteroatoms. The number of pyridine rings is 1. The van der Waals surface area contributed by atoms with E-state index < -0.39 is 0 Å². The van der Waals surface area contributed by atoms with Crippen molar-refractivity contribution < 1.29 is 14.2 Å². The Labute approximate surface area is 117 Å². The number of rotatable bonds is 5. The monoisotopic (exact) mass is 272 g/mol. The van der Waals surface area contributed by atoms with E-state index in [1.807, 2.05) is 30.3 Å². The molecule has 1 N–H and O–H groups in total. The zero-order chi connectivity index (χ0) is 13.8. The Morgan fingerprint density at radius 2 is 2.15 bits per heavy atom. The van der Waals surface area contributed by atoms with Crippen LogP contribution in [0.25, 0.3) is 0 Å². The van der Waals surface area contributed by atoms with Crippen LogP contribution < -0.4 is 19.5 Å². The van der Waals surface area contributed by atoms with E-state index in [4.69, 9.17) is 14.2 Å².